The van der Waals surface area contributed by atoms with E-state index in [2.05, 4.69) is 25.7 Å². The van der Waals surface area contributed by atoms with Gasteiger partial charge in [-0.25, -0.2) is 9.78 Å². The van der Waals surface area contributed by atoms with Gasteiger partial charge in [-0.05, 0) is 35.0 Å². The van der Waals surface area contributed by atoms with Gasteiger partial charge in [0, 0.05) is 14.9 Å². The molecule has 0 aliphatic heterocycles. The molecule has 0 saturated heterocycles. The molecule has 0 N–H and O–H groups in total. The number of hydrogen-bond acceptors (Lipinski definition) is 4. The highest BCUT2D eigenvalue weighted by atomic mass is 79.9. The molecule has 0 fully saturated rings. The molecule has 0 unspecified atom stereocenters. The zero-order valence-corrected chi connectivity index (χ0v) is 12.8. The Hall–Kier alpha value is -0.910. The molecule has 94 valence electrons. The second-order valence-electron chi connectivity index (χ2n) is 3.54. The summed E-state index contributed by atoms with van der Waals surface area (Å²) in [5, 5.41) is 1.41. The predicted octanol–water partition coefficient (Wildman–Crippen LogP) is 4.32. The number of aryl methyl sites for hydroxylation is 1. The standard InChI is InChI=1S/C12H9BrClNO2S/c1-6-10(12(16)17-2)15-11(18-6)7-3-4-9(14)8(13)5-7/h3-5H,1-2H3. The van der Waals surface area contributed by atoms with Crippen molar-refractivity contribution < 1.29 is 9.53 Å². The second-order valence-corrected chi connectivity index (χ2v) is 6.01. The number of thiazole rings is 1. The van der Waals surface area contributed by atoms with E-state index in [0.717, 1.165) is 19.9 Å². The third-order valence-corrected chi connectivity index (χ3v) is 4.58. The van der Waals surface area contributed by atoms with Crippen molar-refractivity contribution in [2.45, 2.75) is 6.92 Å². The number of carbonyl (C=O) groups excluding carboxylic acids is 1. The number of halogens is 2. The minimum absolute atomic E-state index is 0.364. The van der Waals surface area contributed by atoms with Gasteiger partial charge in [-0.1, -0.05) is 17.7 Å². The average Bonchev–Trinajstić information content (AvgIpc) is 2.74. The highest BCUT2D eigenvalue weighted by Gasteiger charge is 2.16. The number of carbonyl (C=O) groups is 1. The van der Waals surface area contributed by atoms with Gasteiger partial charge in [-0.15, -0.1) is 11.3 Å². The van der Waals surface area contributed by atoms with Crippen LogP contribution in [0.15, 0.2) is 22.7 Å². The Balaban J connectivity index is 2.45. The summed E-state index contributed by atoms with van der Waals surface area (Å²) in [6.45, 7) is 1.85. The fraction of sp³-hybridized carbons (Fsp3) is 0.167. The molecule has 0 radical (unpaired) electrons. The Morgan fingerprint density at radius 3 is 2.83 bits per heavy atom. The van der Waals surface area contributed by atoms with Crippen molar-refractivity contribution in [3.63, 3.8) is 0 Å². The fourth-order valence-corrected chi connectivity index (χ4v) is 2.83. The minimum atomic E-state index is -0.414. The average molecular weight is 347 g/mol. The van der Waals surface area contributed by atoms with E-state index < -0.39 is 5.97 Å². The first-order valence-corrected chi connectivity index (χ1v) is 7.03. The van der Waals surface area contributed by atoms with Gasteiger partial charge in [0.15, 0.2) is 5.69 Å². The van der Waals surface area contributed by atoms with Crippen LogP contribution in [0.3, 0.4) is 0 Å². The van der Waals surface area contributed by atoms with Gasteiger partial charge in [0.25, 0.3) is 0 Å². The number of methoxy groups -OCH3 is 1. The van der Waals surface area contributed by atoms with E-state index in [-0.39, 0.29) is 0 Å². The summed E-state index contributed by atoms with van der Waals surface area (Å²) >= 11 is 10.8. The van der Waals surface area contributed by atoms with Crippen LogP contribution in [-0.2, 0) is 4.74 Å². The molecule has 0 aliphatic rings. The molecular formula is C12H9BrClNO2S. The van der Waals surface area contributed by atoms with E-state index in [9.17, 15) is 4.79 Å². The van der Waals surface area contributed by atoms with Gasteiger partial charge in [-0.2, -0.15) is 0 Å². The maximum Gasteiger partial charge on any atom is 0.357 e. The van der Waals surface area contributed by atoms with Crippen LogP contribution in [0, 0.1) is 6.92 Å². The van der Waals surface area contributed by atoms with Crippen molar-refractivity contribution in [3.05, 3.63) is 38.3 Å². The Bertz CT molecular complexity index is 612. The summed E-state index contributed by atoms with van der Waals surface area (Å²) in [5.74, 6) is -0.414. The molecule has 2 rings (SSSR count). The van der Waals surface area contributed by atoms with Crippen LogP contribution in [0.1, 0.15) is 15.4 Å². The third kappa shape index (κ3) is 2.58. The summed E-state index contributed by atoms with van der Waals surface area (Å²) in [7, 11) is 1.35. The molecule has 0 aliphatic carbocycles. The molecule has 0 bridgehead atoms. The zero-order chi connectivity index (χ0) is 13.3. The maximum absolute atomic E-state index is 11.5. The molecular weight excluding hydrogens is 338 g/mol. The SMILES string of the molecule is COC(=O)c1nc(-c2ccc(Cl)c(Br)c2)sc1C. The smallest absolute Gasteiger partial charge is 0.357 e. The quantitative estimate of drug-likeness (QED) is 0.760. The number of nitrogens with zero attached hydrogens (tertiary/aromatic N) is 1. The number of benzene rings is 1. The monoisotopic (exact) mass is 345 g/mol. The van der Waals surface area contributed by atoms with Crippen molar-refractivity contribution in [2.75, 3.05) is 7.11 Å². The van der Waals surface area contributed by atoms with Crippen molar-refractivity contribution in [1.82, 2.24) is 4.98 Å². The lowest BCUT2D eigenvalue weighted by Crippen LogP contribution is -2.03. The molecule has 0 spiro atoms. The van der Waals surface area contributed by atoms with Crippen molar-refractivity contribution in [3.8, 4) is 10.6 Å². The summed E-state index contributed by atoms with van der Waals surface area (Å²) in [4.78, 5) is 16.6. The first-order valence-electron chi connectivity index (χ1n) is 5.04. The fourth-order valence-electron chi connectivity index (χ4n) is 1.44. The lowest BCUT2D eigenvalue weighted by Gasteiger charge is -1.99. The number of hydrogen-bond donors (Lipinski definition) is 0. The first kappa shape index (κ1) is 13.5. The zero-order valence-electron chi connectivity index (χ0n) is 9.66. The lowest BCUT2D eigenvalue weighted by molar-refractivity contribution is 0.0594. The lowest BCUT2D eigenvalue weighted by atomic mass is 10.2. The van der Waals surface area contributed by atoms with E-state index in [0.29, 0.717) is 10.7 Å². The second kappa shape index (κ2) is 5.38. The summed E-state index contributed by atoms with van der Waals surface area (Å²) in [6, 6.07) is 5.53. The molecule has 1 aromatic heterocycles. The van der Waals surface area contributed by atoms with E-state index in [1.54, 1.807) is 6.07 Å². The van der Waals surface area contributed by atoms with Gasteiger partial charge >= 0.3 is 5.97 Å². The van der Waals surface area contributed by atoms with Crippen LogP contribution < -0.4 is 0 Å². The van der Waals surface area contributed by atoms with Crippen molar-refractivity contribution in [2.24, 2.45) is 0 Å². The van der Waals surface area contributed by atoms with Gasteiger partial charge in [0.2, 0.25) is 0 Å². The summed E-state index contributed by atoms with van der Waals surface area (Å²) in [6.07, 6.45) is 0. The van der Waals surface area contributed by atoms with E-state index in [4.69, 9.17) is 11.6 Å². The van der Waals surface area contributed by atoms with Crippen LogP contribution in [-0.4, -0.2) is 18.1 Å². The van der Waals surface area contributed by atoms with Gasteiger partial charge in [-0.3, -0.25) is 0 Å². The van der Waals surface area contributed by atoms with Gasteiger partial charge in [0.1, 0.15) is 5.01 Å². The minimum Gasteiger partial charge on any atom is -0.464 e. The molecule has 1 heterocycles. The molecule has 3 nitrogen and oxygen atoms in total. The molecule has 2 aromatic rings. The summed E-state index contributed by atoms with van der Waals surface area (Å²) in [5.41, 5.74) is 1.28. The van der Waals surface area contributed by atoms with E-state index >= 15 is 0 Å². The molecule has 0 saturated carbocycles. The predicted molar refractivity (Wildman–Crippen MR) is 76.3 cm³/mol. The number of esters is 1. The maximum atomic E-state index is 11.5. The highest BCUT2D eigenvalue weighted by molar-refractivity contribution is 9.10. The highest BCUT2D eigenvalue weighted by Crippen LogP contribution is 2.32. The molecule has 6 heteroatoms. The van der Waals surface area contributed by atoms with E-state index in [1.807, 2.05) is 19.1 Å². The molecule has 18 heavy (non-hydrogen) atoms. The van der Waals surface area contributed by atoms with Crippen LogP contribution in [0.5, 0.6) is 0 Å². The van der Waals surface area contributed by atoms with Gasteiger partial charge in [0.05, 0.1) is 12.1 Å². The molecule has 1 aromatic carbocycles. The van der Waals surface area contributed by atoms with Crippen LogP contribution in [0.25, 0.3) is 10.6 Å². The normalized spacial score (nSPS) is 10.4. The number of aromatic nitrogens is 1. The third-order valence-electron chi connectivity index (χ3n) is 2.34. The van der Waals surface area contributed by atoms with Crippen molar-refractivity contribution in [1.29, 1.82) is 0 Å². The Kier molecular flexibility index (Phi) is 4.04. The summed E-state index contributed by atoms with van der Waals surface area (Å²) < 4.78 is 5.48. The first-order chi connectivity index (χ1) is 8.52. The Labute approximate surface area is 122 Å². The molecule has 0 amide bonds. The van der Waals surface area contributed by atoms with E-state index in [1.165, 1.54) is 18.4 Å². The number of ether oxygens (including phenoxy) is 1. The van der Waals surface area contributed by atoms with Crippen LogP contribution >= 0.6 is 38.9 Å². The van der Waals surface area contributed by atoms with Crippen LogP contribution in [0.4, 0.5) is 0 Å². The van der Waals surface area contributed by atoms with Gasteiger partial charge < -0.3 is 4.74 Å². The number of rotatable bonds is 2. The Morgan fingerprint density at radius 1 is 1.50 bits per heavy atom. The topological polar surface area (TPSA) is 39.2 Å². The Morgan fingerprint density at radius 2 is 2.22 bits per heavy atom. The van der Waals surface area contributed by atoms with Crippen molar-refractivity contribution >= 4 is 44.8 Å². The van der Waals surface area contributed by atoms with Crippen LogP contribution in [0.2, 0.25) is 5.02 Å². The largest absolute Gasteiger partial charge is 0.464 e. The molecule has 0 atom stereocenters.